The van der Waals surface area contributed by atoms with Gasteiger partial charge in [-0.3, -0.25) is 9.78 Å². The van der Waals surface area contributed by atoms with Gasteiger partial charge in [-0.2, -0.15) is 0 Å². The molecule has 2 aromatic rings. The number of fused-ring (bicyclic) bond motifs is 1. The van der Waals surface area contributed by atoms with Gasteiger partial charge in [0.25, 0.3) is 11.3 Å². The van der Waals surface area contributed by atoms with Crippen molar-refractivity contribution >= 4 is 11.5 Å². The summed E-state index contributed by atoms with van der Waals surface area (Å²) in [5.74, 6) is 1.04. The van der Waals surface area contributed by atoms with Crippen molar-refractivity contribution in [2.75, 3.05) is 5.73 Å². The van der Waals surface area contributed by atoms with Crippen LogP contribution in [0.4, 0.5) is 5.95 Å². The third kappa shape index (κ3) is 1.47. The normalized spacial score (nSPS) is 11.1. The van der Waals surface area contributed by atoms with Gasteiger partial charge in [-0.1, -0.05) is 11.4 Å². The summed E-state index contributed by atoms with van der Waals surface area (Å²) in [6, 6.07) is 0. The van der Waals surface area contributed by atoms with Crippen LogP contribution in [0.2, 0.25) is 0 Å². The first-order valence-electron chi connectivity index (χ1n) is 4.92. The van der Waals surface area contributed by atoms with E-state index in [1.807, 2.05) is 6.92 Å². The average molecular weight is 208 g/mol. The molecule has 0 saturated carbocycles. The SMILES string of the molecule is CCCc1[nH]c(C)c2c(=O)[nH]c(N)n[n+]12. The fourth-order valence-corrected chi connectivity index (χ4v) is 1.71. The molecule has 0 atom stereocenters. The van der Waals surface area contributed by atoms with Crippen LogP contribution in [-0.4, -0.2) is 15.1 Å². The number of aromatic nitrogens is 4. The van der Waals surface area contributed by atoms with Crippen molar-refractivity contribution in [1.82, 2.24) is 15.1 Å². The van der Waals surface area contributed by atoms with Gasteiger partial charge in [0.15, 0.2) is 5.69 Å². The van der Waals surface area contributed by atoms with Crippen molar-refractivity contribution in [2.24, 2.45) is 0 Å². The van der Waals surface area contributed by atoms with Crippen LogP contribution in [0.25, 0.3) is 5.52 Å². The van der Waals surface area contributed by atoms with Crippen molar-refractivity contribution < 1.29 is 4.52 Å². The summed E-state index contributed by atoms with van der Waals surface area (Å²) in [7, 11) is 0. The molecule has 0 saturated heterocycles. The number of anilines is 1. The summed E-state index contributed by atoms with van der Waals surface area (Å²) < 4.78 is 1.59. The predicted molar refractivity (Wildman–Crippen MR) is 55.5 cm³/mol. The summed E-state index contributed by atoms with van der Waals surface area (Å²) in [4.78, 5) is 17.2. The van der Waals surface area contributed by atoms with Gasteiger partial charge in [-0.15, -0.1) is 0 Å². The molecule has 4 N–H and O–H groups in total. The van der Waals surface area contributed by atoms with Crippen molar-refractivity contribution in [3.63, 3.8) is 0 Å². The van der Waals surface area contributed by atoms with E-state index in [1.165, 1.54) is 0 Å². The average Bonchev–Trinajstić information content (AvgIpc) is 2.43. The summed E-state index contributed by atoms with van der Waals surface area (Å²) in [6.07, 6.45) is 1.82. The number of nitrogens with two attached hydrogens (primary N) is 1. The molecule has 0 aliphatic heterocycles. The van der Waals surface area contributed by atoms with Gasteiger partial charge < -0.3 is 5.73 Å². The van der Waals surface area contributed by atoms with Crippen LogP contribution < -0.4 is 15.8 Å². The first kappa shape index (κ1) is 9.70. The van der Waals surface area contributed by atoms with E-state index in [0.717, 1.165) is 24.4 Å². The highest BCUT2D eigenvalue weighted by molar-refractivity contribution is 5.42. The molecule has 0 aromatic carbocycles. The second-order valence-corrected chi connectivity index (χ2v) is 3.55. The summed E-state index contributed by atoms with van der Waals surface area (Å²) in [5.41, 5.74) is 6.64. The predicted octanol–water partition coefficient (Wildman–Crippen LogP) is -0.320. The standard InChI is InChI=1S/C9H13N5O/c1-3-4-6-11-5(2)7-8(15)12-9(10)13-14(6)7/h3-4H2,1-2H3,(H3,10,12,13,15)/p+1. The molecule has 2 heterocycles. The molecule has 0 spiro atoms. The zero-order chi connectivity index (χ0) is 11.0. The highest BCUT2D eigenvalue weighted by atomic mass is 16.1. The highest BCUT2D eigenvalue weighted by Crippen LogP contribution is 2.01. The third-order valence-electron chi connectivity index (χ3n) is 2.31. The lowest BCUT2D eigenvalue weighted by Gasteiger charge is -1.91. The Morgan fingerprint density at radius 1 is 1.47 bits per heavy atom. The van der Waals surface area contributed by atoms with E-state index in [2.05, 4.69) is 22.0 Å². The maximum absolute atomic E-state index is 11.6. The second kappa shape index (κ2) is 3.38. The lowest BCUT2D eigenvalue weighted by molar-refractivity contribution is -0.588. The van der Waals surface area contributed by atoms with Crippen molar-refractivity contribution in [3.05, 3.63) is 21.9 Å². The fourth-order valence-electron chi connectivity index (χ4n) is 1.71. The van der Waals surface area contributed by atoms with Crippen molar-refractivity contribution in [1.29, 1.82) is 0 Å². The molecule has 6 nitrogen and oxygen atoms in total. The molecule has 2 rings (SSSR count). The molecule has 15 heavy (non-hydrogen) atoms. The summed E-state index contributed by atoms with van der Waals surface area (Å²) >= 11 is 0. The van der Waals surface area contributed by atoms with Crippen LogP contribution in [0, 0.1) is 6.92 Å². The monoisotopic (exact) mass is 208 g/mol. The zero-order valence-corrected chi connectivity index (χ0v) is 8.79. The van der Waals surface area contributed by atoms with E-state index < -0.39 is 0 Å². The number of aromatic amines is 2. The number of hydrogen-bond donors (Lipinski definition) is 3. The van der Waals surface area contributed by atoms with Crippen molar-refractivity contribution in [3.8, 4) is 0 Å². The van der Waals surface area contributed by atoms with Gasteiger partial charge >= 0.3 is 5.56 Å². The Morgan fingerprint density at radius 3 is 2.87 bits per heavy atom. The van der Waals surface area contributed by atoms with Gasteiger partial charge in [-0.05, 0) is 11.5 Å². The lowest BCUT2D eigenvalue weighted by atomic mass is 10.3. The van der Waals surface area contributed by atoms with Crippen LogP contribution in [0.3, 0.4) is 0 Å². The number of H-pyrrole nitrogens is 2. The molecule has 0 bridgehead atoms. The molecule has 2 aromatic heterocycles. The van der Waals surface area contributed by atoms with E-state index in [1.54, 1.807) is 4.52 Å². The molecule has 0 aliphatic carbocycles. The third-order valence-corrected chi connectivity index (χ3v) is 2.31. The zero-order valence-electron chi connectivity index (χ0n) is 8.79. The number of aryl methyl sites for hydroxylation is 2. The Hall–Kier alpha value is -1.85. The van der Waals surface area contributed by atoms with Gasteiger partial charge in [0, 0.05) is 6.92 Å². The number of nitrogens with zero attached hydrogens (tertiary/aromatic N) is 2. The maximum Gasteiger partial charge on any atom is 0.304 e. The molecule has 80 valence electrons. The number of nitrogens with one attached hydrogen (secondary N) is 2. The number of rotatable bonds is 2. The van der Waals surface area contributed by atoms with Gasteiger partial charge in [0.1, 0.15) is 0 Å². The first-order chi connectivity index (χ1) is 7.13. The molecule has 0 fully saturated rings. The van der Waals surface area contributed by atoms with E-state index in [4.69, 9.17) is 5.73 Å². The molecule has 0 radical (unpaired) electrons. The first-order valence-corrected chi connectivity index (χ1v) is 4.92. The Morgan fingerprint density at radius 2 is 2.20 bits per heavy atom. The van der Waals surface area contributed by atoms with E-state index in [-0.39, 0.29) is 11.5 Å². The van der Waals surface area contributed by atoms with Crippen LogP contribution in [-0.2, 0) is 6.42 Å². The Balaban J connectivity index is 2.81. The number of imidazole rings is 1. The van der Waals surface area contributed by atoms with E-state index >= 15 is 0 Å². The maximum atomic E-state index is 11.6. The van der Waals surface area contributed by atoms with Crippen LogP contribution in [0.1, 0.15) is 24.9 Å². The molecular formula is C9H14N5O+. The van der Waals surface area contributed by atoms with Crippen LogP contribution in [0.15, 0.2) is 4.79 Å². The van der Waals surface area contributed by atoms with Gasteiger partial charge in [0.2, 0.25) is 5.95 Å². The number of nitrogen functional groups attached to an aromatic ring is 1. The number of hydrogen-bond acceptors (Lipinski definition) is 3. The van der Waals surface area contributed by atoms with E-state index in [9.17, 15) is 4.79 Å². The lowest BCUT2D eigenvalue weighted by Crippen LogP contribution is -2.36. The molecular weight excluding hydrogens is 194 g/mol. The Bertz CT molecular complexity index is 553. The minimum absolute atomic E-state index is 0.133. The Kier molecular flexibility index (Phi) is 2.18. The van der Waals surface area contributed by atoms with Crippen LogP contribution in [0.5, 0.6) is 0 Å². The molecule has 6 heteroatoms. The van der Waals surface area contributed by atoms with Crippen molar-refractivity contribution in [2.45, 2.75) is 26.7 Å². The topological polar surface area (TPSA) is 91.7 Å². The fraction of sp³-hybridized carbons (Fsp3) is 0.444. The largest absolute Gasteiger partial charge is 0.366 e. The van der Waals surface area contributed by atoms with Gasteiger partial charge in [-0.25, -0.2) is 4.98 Å². The minimum Gasteiger partial charge on any atom is -0.366 e. The molecule has 0 amide bonds. The summed E-state index contributed by atoms with van der Waals surface area (Å²) in [5, 5.41) is 4.08. The highest BCUT2D eigenvalue weighted by Gasteiger charge is 2.20. The smallest absolute Gasteiger partial charge is 0.304 e. The van der Waals surface area contributed by atoms with Gasteiger partial charge in [0.05, 0.1) is 6.42 Å². The van der Waals surface area contributed by atoms with E-state index in [0.29, 0.717) is 5.52 Å². The second-order valence-electron chi connectivity index (χ2n) is 3.55. The quantitative estimate of drug-likeness (QED) is 0.590. The summed E-state index contributed by atoms with van der Waals surface area (Å²) in [6.45, 7) is 3.92. The molecule has 0 unspecified atom stereocenters. The Labute approximate surface area is 86.1 Å². The molecule has 0 aliphatic rings. The minimum atomic E-state index is -0.210. The van der Waals surface area contributed by atoms with Crippen LogP contribution >= 0.6 is 0 Å².